The fraction of sp³-hybridized carbons (Fsp3) is 0.286. The Bertz CT molecular complexity index is 916. The van der Waals surface area contributed by atoms with Gasteiger partial charge in [-0.3, -0.25) is 0 Å². The molecule has 6 heteroatoms. The van der Waals surface area contributed by atoms with Crippen LogP contribution in [-0.2, 0) is 0 Å². The third kappa shape index (κ3) is 4.16. The maximum absolute atomic E-state index is 4.51. The molecule has 0 spiro atoms. The first-order chi connectivity index (χ1) is 13.2. The minimum atomic E-state index is 0.469. The highest BCUT2D eigenvalue weighted by Gasteiger charge is 2.12. The predicted molar refractivity (Wildman–Crippen MR) is 110 cm³/mol. The molecule has 0 amide bonds. The highest BCUT2D eigenvalue weighted by molar-refractivity contribution is 5.62. The molecule has 2 N–H and O–H groups in total. The average Bonchev–Trinajstić information content (AvgIpc) is 3.21. The van der Waals surface area contributed by atoms with Gasteiger partial charge in [0.15, 0.2) is 5.82 Å². The summed E-state index contributed by atoms with van der Waals surface area (Å²) in [6.45, 7) is 6.48. The van der Waals surface area contributed by atoms with E-state index in [0.717, 1.165) is 24.5 Å². The molecule has 1 aliphatic rings. The number of hydrogen-bond acceptors (Lipinski definition) is 6. The summed E-state index contributed by atoms with van der Waals surface area (Å²) >= 11 is 0. The molecule has 0 unspecified atom stereocenters. The summed E-state index contributed by atoms with van der Waals surface area (Å²) in [7, 11) is 0. The SMILES string of the molecule is Cc1ccc(Nc2nncc(Nc3ccc(N4CCCC4)cc3)n2)cc1C. The highest BCUT2D eigenvalue weighted by Crippen LogP contribution is 2.24. The Hall–Kier alpha value is -3.15. The van der Waals surface area contributed by atoms with Crippen LogP contribution in [-0.4, -0.2) is 28.3 Å². The second kappa shape index (κ2) is 7.61. The van der Waals surface area contributed by atoms with Gasteiger partial charge < -0.3 is 15.5 Å². The molecule has 1 fully saturated rings. The molecular formula is C21H24N6. The van der Waals surface area contributed by atoms with Crippen molar-refractivity contribution in [1.82, 2.24) is 15.2 Å². The van der Waals surface area contributed by atoms with Crippen molar-refractivity contribution in [1.29, 1.82) is 0 Å². The van der Waals surface area contributed by atoms with E-state index in [9.17, 15) is 0 Å². The lowest BCUT2D eigenvalue weighted by Crippen LogP contribution is -2.17. The fourth-order valence-corrected chi connectivity index (χ4v) is 3.24. The molecule has 6 nitrogen and oxygen atoms in total. The van der Waals surface area contributed by atoms with E-state index >= 15 is 0 Å². The molecule has 4 rings (SSSR count). The van der Waals surface area contributed by atoms with E-state index in [1.165, 1.54) is 29.7 Å². The summed E-state index contributed by atoms with van der Waals surface area (Å²) in [5.74, 6) is 1.13. The number of benzene rings is 2. The van der Waals surface area contributed by atoms with E-state index in [1.54, 1.807) is 6.20 Å². The van der Waals surface area contributed by atoms with Gasteiger partial charge in [-0.15, -0.1) is 5.10 Å². The van der Waals surface area contributed by atoms with Crippen LogP contribution in [0.5, 0.6) is 0 Å². The van der Waals surface area contributed by atoms with Crippen LogP contribution in [0, 0.1) is 13.8 Å². The molecule has 138 valence electrons. The molecule has 0 radical (unpaired) electrons. The number of hydrogen-bond donors (Lipinski definition) is 2. The third-order valence-electron chi connectivity index (χ3n) is 4.93. The van der Waals surface area contributed by atoms with Crippen LogP contribution in [0.4, 0.5) is 28.8 Å². The minimum Gasteiger partial charge on any atom is -0.372 e. The fourth-order valence-electron chi connectivity index (χ4n) is 3.24. The summed E-state index contributed by atoms with van der Waals surface area (Å²) in [6.07, 6.45) is 4.19. The molecule has 2 aromatic carbocycles. The van der Waals surface area contributed by atoms with Crippen molar-refractivity contribution in [3.63, 3.8) is 0 Å². The third-order valence-corrected chi connectivity index (χ3v) is 4.93. The van der Waals surface area contributed by atoms with Crippen LogP contribution in [0.25, 0.3) is 0 Å². The summed E-state index contributed by atoms with van der Waals surface area (Å²) in [5, 5.41) is 14.6. The second-order valence-electron chi connectivity index (χ2n) is 6.96. The van der Waals surface area contributed by atoms with Crippen LogP contribution in [0.2, 0.25) is 0 Å². The zero-order valence-electron chi connectivity index (χ0n) is 15.7. The molecule has 0 saturated carbocycles. The number of anilines is 5. The zero-order chi connectivity index (χ0) is 18.6. The summed E-state index contributed by atoms with van der Waals surface area (Å²) in [4.78, 5) is 6.93. The molecule has 3 aromatic rings. The second-order valence-corrected chi connectivity index (χ2v) is 6.96. The summed E-state index contributed by atoms with van der Waals surface area (Å²) in [6, 6.07) is 14.6. The minimum absolute atomic E-state index is 0.469. The lowest BCUT2D eigenvalue weighted by molar-refractivity contribution is 0.949. The topological polar surface area (TPSA) is 66.0 Å². The standard InChI is InChI=1S/C21H24N6/c1-15-5-6-18(13-16(15)2)24-21-25-20(14-22-26-21)23-17-7-9-19(10-8-17)27-11-3-4-12-27/h5-10,13-14H,3-4,11-12H2,1-2H3,(H2,23,24,25,26). The van der Waals surface area contributed by atoms with Gasteiger partial charge in [0, 0.05) is 30.2 Å². The van der Waals surface area contributed by atoms with Crippen molar-refractivity contribution < 1.29 is 0 Å². The Balaban J connectivity index is 1.45. The molecule has 0 atom stereocenters. The molecule has 1 saturated heterocycles. The van der Waals surface area contributed by atoms with Gasteiger partial charge in [0.2, 0.25) is 5.95 Å². The van der Waals surface area contributed by atoms with E-state index in [2.05, 4.69) is 81.0 Å². The maximum atomic E-state index is 4.51. The highest BCUT2D eigenvalue weighted by atomic mass is 15.3. The van der Waals surface area contributed by atoms with E-state index in [-0.39, 0.29) is 0 Å². The first kappa shape index (κ1) is 17.3. The Labute approximate surface area is 159 Å². The van der Waals surface area contributed by atoms with Crippen molar-refractivity contribution in [3.8, 4) is 0 Å². The molecule has 1 aliphatic heterocycles. The van der Waals surface area contributed by atoms with Gasteiger partial charge >= 0.3 is 0 Å². The summed E-state index contributed by atoms with van der Waals surface area (Å²) < 4.78 is 0. The zero-order valence-corrected chi connectivity index (χ0v) is 15.7. The van der Waals surface area contributed by atoms with Crippen molar-refractivity contribution in [2.24, 2.45) is 0 Å². The Morgan fingerprint density at radius 3 is 2.33 bits per heavy atom. The van der Waals surface area contributed by atoms with Gasteiger partial charge in [-0.2, -0.15) is 10.1 Å². The Morgan fingerprint density at radius 2 is 1.59 bits per heavy atom. The summed E-state index contributed by atoms with van der Waals surface area (Å²) in [5.41, 5.74) is 5.69. The van der Waals surface area contributed by atoms with Gasteiger partial charge in [-0.05, 0) is 74.2 Å². The molecule has 2 heterocycles. The predicted octanol–water partition coefficient (Wildman–Crippen LogP) is 4.58. The maximum Gasteiger partial charge on any atom is 0.249 e. The quantitative estimate of drug-likeness (QED) is 0.694. The van der Waals surface area contributed by atoms with Gasteiger partial charge in [0.25, 0.3) is 0 Å². The van der Waals surface area contributed by atoms with E-state index in [0.29, 0.717) is 11.8 Å². The lowest BCUT2D eigenvalue weighted by atomic mass is 10.1. The number of nitrogens with zero attached hydrogens (tertiary/aromatic N) is 4. The van der Waals surface area contributed by atoms with E-state index in [1.807, 2.05) is 6.07 Å². The number of rotatable bonds is 5. The largest absolute Gasteiger partial charge is 0.372 e. The van der Waals surface area contributed by atoms with Crippen LogP contribution in [0.15, 0.2) is 48.7 Å². The number of aryl methyl sites for hydroxylation is 2. The van der Waals surface area contributed by atoms with Crippen LogP contribution in [0.3, 0.4) is 0 Å². The smallest absolute Gasteiger partial charge is 0.249 e. The first-order valence-corrected chi connectivity index (χ1v) is 9.33. The average molecular weight is 360 g/mol. The monoisotopic (exact) mass is 360 g/mol. The van der Waals surface area contributed by atoms with Crippen molar-refractivity contribution in [2.45, 2.75) is 26.7 Å². The Kier molecular flexibility index (Phi) is 4.87. The van der Waals surface area contributed by atoms with Crippen molar-refractivity contribution >= 4 is 28.8 Å². The first-order valence-electron chi connectivity index (χ1n) is 9.33. The van der Waals surface area contributed by atoms with Crippen molar-refractivity contribution in [2.75, 3.05) is 28.6 Å². The molecule has 0 aliphatic carbocycles. The normalized spacial score (nSPS) is 13.6. The molecular weight excluding hydrogens is 336 g/mol. The lowest BCUT2D eigenvalue weighted by Gasteiger charge is -2.17. The van der Waals surface area contributed by atoms with Crippen LogP contribution in [0.1, 0.15) is 24.0 Å². The van der Waals surface area contributed by atoms with Crippen LogP contribution >= 0.6 is 0 Å². The van der Waals surface area contributed by atoms with Gasteiger partial charge in [0.1, 0.15) is 0 Å². The molecule has 27 heavy (non-hydrogen) atoms. The van der Waals surface area contributed by atoms with Crippen LogP contribution < -0.4 is 15.5 Å². The number of aromatic nitrogens is 3. The van der Waals surface area contributed by atoms with Gasteiger partial charge in [0.05, 0.1) is 6.20 Å². The van der Waals surface area contributed by atoms with Gasteiger partial charge in [-0.1, -0.05) is 6.07 Å². The molecule has 0 bridgehead atoms. The van der Waals surface area contributed by atoms with Gasteiger partial charge in [-0.25, -0.2) is 0 Å². The Morgan fingerprint density at radius 1 is 0.852 bits per heavy atom. The number of nitrogens with one attached hydrogen (secondary N) is 2. The van der Waals surface area contributed by atoms with E-state index in [4.69, 9.17) is 0 Å². The van der Waals surface area contributed by atoms with Crippen molar-refractivity contribution in [3.05, 3.63) is 59.8 Å². The molecule has 1 aromatic heterocycles. The van der Waals surface area contributed by atoms with E-state index < -0.39 is 0 Å².